The van der Waals surface area contributed by atoms with Crippen molar-refractivity contribution in [1.29, 1.82) is 0 Å². The quantitative estimate of drug-likeness (QED) is 0.876. The summed E-state index contributed by atoms with van der Waals surface area (Å²) >= 11 is 6.10. The molecule has 0 aliphatic carbocycles. The molecule has 0 bridgehead atoms. The summed E-state index contributed by atoms with van der Waals surface area (Å²) in [6, 6.07) is 10.9. The van der Waals surface area contributed by atoms with Crippen molar-refractivity contribution < 1.29 is 9.18 Å². The molecule has 0 radical (unpaired) electrons. The second kappa shape index (κ2) is 6.13. The standard InChI is InChI=1S/C18H16ClFN2O/c1-10(2)16-18(23)21-15-8-7-11(19)9-13(15)17(22-16)12-5-3-4-6-14(12)20/h3-10,16H,1-2H3,(H,21,23)/t16-/m1/s1. The average Bonchev–Trinajstić information content (AvgIpc) is 2.64. The first kappa shape index (κ1) is 15.7. The van der Waals surface area contributed by atoms with Gasteiger partial charge in [0.2, 0.25) is 5.91 Å². The Labute approximate surface area is 139 Å². The first-order valence-corrected chi connectivity index (χ1v) is 7.78. The minimum atomic E-state index is -0.587. The third kappa shape index (κ3) is 2.99. The van der Waals surface area contributed by atoms with Crippen molar-refractivity contribution in [3.63, 3.8) is 0 Å². The molecule has 1 N–H and O–H groups in total. The number of fused-ring (bicyclic) bond motifs is 1. The molecule has 0 unspecified atom stereocenters. The van der Waals surface area contributed by atoms with Crippen LogP contribution in [0.4, 0.5) is 10.1 Å². The van der Waals surface area contributed by atoms with Crippen molar-refractivity contribution in [2.45, 2.75) is 19.9 Å². The second-order valence-corrected chi connectivity index (χ2v) is 6.26. The van der Waals surface area contributed by atoms with Gasteiger partial charge in [0.25, 0.3) is 0 Å². The summed E-state index contributed by atoms with van der Waals surface area (Å²) in [4.78, 5) is 17.0. The van der Waals surface area contributed by atoms with Gasteiger partial charge in [0.05, 0.1) is 11.4 Å². The predicted molar refractivity (Wildman–Crippen MR) is 90.7 cm³/mol. The van der Waals surface area contributed by atoms with Crippen LogP contribution >= 0.6 is 11.6 Å². The summed E-state index contributed by atoms with van der Waals surface area (Å²) in [5, 5.41) is 3.37. The predicted octanol–water partition coefficient (Wildman–Crippen LogP) is 4.29. The SMILES string of the molecule is CC(C)[C@H]1N=C(c2ccccc2F)c2cc(Cl)ccc2NC1=O. The van der Waals surface area contributed by atoms with Gasteiger partial charge < -0.3 is 5.32 Å². The van der Waals surface area contributed by atoms with E-state index >= 15 is 0 Å². The van der Waals surface area contributed by atoms with Crippen molar-refractivity contribution >= 4 is 28.9 Å². The molecule has 3 rings (SSSR count). The van der Waals surface area contributed by atoms with E-state index < -0.39 is 6.04 Å². The van der Waals surface area contributed by atoms with E-state index in [1.165, 1.54) is 6.07 Å². The first-order valence-electron chi connectivity index (χ1n) is 7.41. The van der Waals surface area contributed by atoms with Gasteiger partial charge in [0.1, 0.15) is 11.9 Å². The summed E-state index contributed by atoms with van der Waals surface area (Å²) in [5.41, 5.74) is 2.01. The van der Waals surface area contributed by atoms with Crippen LogP contribution in [0.15, 0.2) is 47.5 Å². The summed E-state index contributed by atoms with van der Waals surface area (Å²) in [7, 11) is 0. The minimum absolute atomic E-state index is 0.0124. The van der Waals surface area contributed by atoms with E-state index in [4.69, 9.17) is 11.6 Å². The van der Waals surface area contributed by atoms with Crippen LogP contribution in [0.2, 0.25) is 5.02 Å². The van der Waals surface area contributed by atoms with Crippen molar-refractivity contribution in [2.24, 2.45) is 10.9 Å². The molecule has 3 nitrogen and oxygen atoms in total. The Morgan fingerprint density at radius 1 is 1.17 bits per heavy atom. The van der Waals surface area contributed by atoms with Gasteiger partial charge in [-0.1, -0.05) is 37.6 Å². The number of hydrogen-bond donors (Lipinski definition) is 1. The van der Waals surface area contributed by atoms with Gasteiger partial charge in [-0.2, -0.15) is 0 Å². The Hall–Kier alpha value is -2.20. The number of amides is 1. The molecule has 118 valence electrons. The Morgan fingerprint density at radius 2 is 1.91 bits per heavy atom. The lowest BCUT2D eigenvalue weighted by Crippen LogP contribution is -2.30. The molecule has 1 heterocycles. The largest absolute Gasteiger partial charge is 0.324 e. The van der Waals surface area contributed by atoms with E-state index in [0.717, 1.165) is 0 Å². The Morgan fingerprint density at radius 3 is 2.61 bits per heavy atom. The van der Waals surface area contributed by atoms with Crippen LogP contribution in [-0.2, 0) is 4.79 Å². The molecule has 1 amide bonds. The molecule has 5 heteroatoms. The van der Waals surface area contributed by atoms with Crippen LogP contribution in [0.5, 0.6) is 0 Å². The smallest absolute Gasteiger partial charge is 0.249 e. The number of aliphatic imine (C=N–C) groups is 1. The van der Waals surface area contributed by atoms with E-state index in [1.54, 1.807) is 36.4 Å². The number of nitrogens with one attached hydrogen (secondary N) is 1. The number of carbonyl (C=O) groups excluding carboxylic acids is 1. The van der Waals surface area contributed by atoms with Crippen molar-refractivity contribution in [3.05, 3.63) is 64.4 Å². The fraction of sp³-hybridized carbons (Fsp3) is 0.222. The Bertz CT molecular complexity index is 801. The normalized spacial score (nSPS) is 17.3. The van der Waals surface area contributed by atoms with Crippen LogP contribution in [-0.4, -0.2) is 17.7 Å². The summed E-state index contributed by atoms with van der Waals surface area (Å²) in [5.74, 6) is -0.592. The number of anilines is 1. The molecule has 2 aromatic carbocycles. The molecule has 2 aromatic rings. The first-order chi connectivity index (χ1) is 11.0. The van der Waals surface area contributed by atoms with Crippen LogP contribution in [0.3, 0.4) is 0 Å². The van der Waals surface area contributed by atoms with Gasteiger partial charge in [0.15, 0.2) is 0 Å². The molecule has 0 saturated carbocycles. The van der Waals surface area contributed by atoms with Gasteiger partial charge in [-0.05, 0) is 36.2 Å². The fourth-order valence-electron chi connectivity index (χ4n) is 2.62. The molecule has 0 spiro atoms. The molecular formula is C18H16ClFN2O. The van der Waals surface area contributed by atoms with Crippen molar-refractivity contribution in [3.8, 4) is 0 Å². The minimum Gasteiger partial charge on any atom is -0.324 e. The average molecular weight is 331 g/mol. The topological polar surface area (TPSA) is 41.5 Å². The van der Waals surface area contributed by atoms with Gasteiger partial charge in [-0.25, -0.2) is 4.39 Å². The molecular weight excluding hydrogens is 315 g/mol. The van der Waals surface area contributed by atoms with Crippen LogP contribution in [0.25, 0.3) is 0 Å². The number of hydrogen-bond acceptors (Lipinski definition) is 2. The molecule has 1 aliphatic heterocycles. The van der Waals surface area contributed by atoms with Crippen LogP contribution in [0, 0.1) is 11.7 Å². The third-order valence-corrected chi connectivity index (χ3v) is 4.03. The third-order valence-electron chi connectivity index (χ3n) is 3.79. The number of halogens is 2. The Balaban J connectivity index is 2.27. The monoisotopic (exact) mass is 330 g/mol. The highest BCUT2D eigenvalue weighted by molar-refractivity contribution is 6.32. The second-order valence-electron chi connectivity index (χ2n) is 5.83. The van der Waals surface area contributed by atoms with Gasteiger partial charge in [-0.15, -0.1) is 0 Å². The number of nitrogens with zero attached hydrogens (tertiary/aromatic N) is 1. The maximum atomic E-state index is 14.3. The highest BCUT2D eigenvalue weighted by Gasteiger charge is 2.28. The molecule has 0 saturated heterocycles. The zero-order valence-electron chi connectivity index (χ0n) is 12.8. The lowest BCUT2D eigenvalue weighted by molar-refractivity contribution is -0.118. The van der Waals surface area contributed by atoms with Gasteiger partial charge >= 0.3 is 0 Å². The van der Waals surface area contributed by atoms with E-state index in [2.05, 4.69) is 10.3 Å². The molecule has 0 fully saturated rings. The van der Waals surface area contributed by atoms with Gasteiger partial charge in [0, 0.05) is 16.1 Å². The molecule has 23 heavy (non-hydrogen) atoms. The highest BCUT2D eigenvalue weighted by atomic mass is 35.5. The lowest BCUT2D eigenvalue weighted by atomic mass is 9.99. The number of benzene rings is 2. The van der Waals surface area contributed by atoms with Crippen molar-refractivity contribution in [2.75, 3.05) is 5.32 Å². The maximum Gasteiger partial charge on any atom is 0.249 e. The number of rotatable bonds is 2. The van der Waals surface area contributed by atoms with E-state index in [9.17, 15) is 9.18 Å². The zero-order valence-corrected chi connectivity index (χ0v) is 13.6. The van der Waals surface area contributed by atoms with Crippen LogP contribution < -0.4 is 5.32 Å². The highest BCUT2D eigenvalue weighted by Crippen LogP contribution is 2.29. The molecule has 1 aliphatic rings. The van der Waals surface area contributed by atoms with Gasteiger partial charge in [-0.3, -0.25) is 9.79 Å². The molecule has 0 aromatic heterocycles. The number of carbonyl (C=O) groups is 1. The van der Waals surface area contributed by atoms with E-state index in [-0.39, 0.29) is 17.6 Å². The Kier molecular flexibility index (Phi) is 4.18. The fourth-order valence-corrected chi connectivity index (χ4v) is 2.79. The summed E-state index contributed by atoms with van der Waals surface area (Å²) in [6.07, 6.45) is 0. The summed E-state index contributed by atoms with van der Waals surface area (Å²) < 4.78 is 14.3. The summed E-state index contributed by atoms with van der Waals surface area (Å²) in [6.45, 7) is 3.82. The molecule has 1 atom stereocenters. The lowest BCUT2D eigenvalue weighted by Gasteiger charge is -2.14. The van der Waals surface area contributed by atoms with Crippen LogP contribution in [0.1, 0.15) is 25.0 Å². The zero-order chi connectivity index (χ0) is 16.6. The van der Waals surface area contributed by atoms with E-state index in [0.29, 0.717) is 27.5 Å². The van der Waals surface area contributed by atoms with Crippen molar-refractivity contribution in [1.82, 2.24) is 0 Å². The number of benzodiazepines with no additional fused rings is 1. The maximum absolute atomic E-state index is 14.3. The van der Waals surface area contributed by atoms with E-state index in [1.807, 2.05) is 13.8 Å².